The molecular formula is C12H20N4O. The van der Waals surface area contributed by atoms with Crippen molar-refractivity contribution in [2.75, 3.05) is 5.73 Å². The first-order valence-electron chi connectivity index (χ1n) is 6.23. The number of nitrogens with zero attached hydrogens (tertiary/aromatic N) is 2. The summed E-state index contributed by atoms with van der Waals surface area (Å²) in [6.07, 6.45) is 6.08. The van der Waals surface area contributed by atoms with Crippen LogP contribution >= 0.6 is 0 Å². The largest absolute Gasteiger partial charge is 0.396 e. The molecule has 3 N–H and O–H groups in total. The van der Waals surface area contributed by atoms with Gasteiger partial charge in [-0.05, 0) is 26.7 Å². The molecule has 0 aliphatic heterocycles. The van der Waals surface area contributed by atoms with Gasteiger partial charge in [-0.15, -0.1) is 0 Å². The van der Waals surface area contributed by atoms with Crippen LogP contribution in [0.2, 0.25) is 0 Å². The van der Waals surface area contributed by atoms with Crippen LogP contribution in [0.1, 0.15) is 56.1 Å². The van der Waals surface area contributed by atoms with Gasteiger partial charge in [-0.2, -0.15) is 5.10 Å². The number of aromatic nitrogens is 2. The molecule has 1 amide bonds. The van der Waals surface area contributed by atoms with Crippen LogP contribution in [0, 0.1) is 0 Å². The summed E-state index contributed by atoms with van der Waals surface area (Å²) in [6, 6.07) is 0.439. The van der Waals surface area contributed by atoms with E-state index in [-0.39, 0.29) is 11.9 Å². The van der Waals surface area contributed by atoms with E-state index in [0.29, 0.717) is 17.4 Å². The monoisotopic (exact) mass is 236 g/mol. The molecule has 0 atom stereocenters. The first-order chi connectivity index (χ1) is 8.09. The minimum atomic E-state index is -0.0967. The summed E-state index contributed by atoms with van der Waals surface area (Å²) in [6.45, 7) is 3.97. The predicted octanol–water partition coefficient (Wildman–Crippen LogP) is 1.72. The molecule has 0 radical (unpaired) electrons. The van der Waals surface area contributed by atoms with Gasteiger partial charge in [0.05, 0.1) is 11.9 Å². The van der Waals surface area contributed by atoms with Crippen molar-refractivity contribution in [2.24, 2.45) is 0 Å². The lowest BCUT2D eigenvalue weighted by Crippen LogP contribution is -2.34. The number of hydrogen-bond acceptors (Lipinski definition) is 3. The summed E-state index contributed by atoms with van der Waals surface area (Å²) < 4.78 is 1.68. The lowest BCUT2D eigenvalue weighted by Gasteiger charge is -2.15. The molecule has 2 rings (SSSR count). The Kier molecular flexibility index (Phi) is 3.36. The molecule has 0 unspecified atom stereocenters. The van der Waals surface area contributed by atoms with Gasteiger partial charge in [-0.3, -0.25) is 9.48 Å². The molecule has 1 aromatic heterocycles. The zero-order valence-corrected chi connectivity index (χ0v) is 10.4. The lowest BCUT2D eigenvalue weighted by atomic mass is 10.2. The highest BCUT2D eigenvalue weighted by molar-refractivity contribution is 5.97. The van der Waals surface area contributed by atoms with Crippen LogP contribution in [0.25, 0.3) is 0 Å². The molecule has 5 nitrogen and oxygen atoms in total. The van der Waals surface area contributed by atoms with Gasteiger partial charge in [0, 0.05) is 12.1 Å². The minimum Gasteiger partial charge on any atom is -0.396 e. The molecule has 5 heteroatoms. The highest BCUT2D eigenvalue weighted by Gasteiger charge is 2.23. The molecule has 1 aliphatic rings. The van der Waals surface area contributed by atoms with Crippen LogP contribution in [0.5, 0.6) is 0 Å². The molecule has 0 bridgehead atoms. The third-order valence-electron chi connectivity index (χ3n) is 3.22. The van der Waals surface area contributed by atoms with Gasteiger partial charge < -0.3 is 11.1 Å². The van der Waals surface area contributed by atoms with Crippen molar-refractivity contribution in [1.29, 1.82) is 0 Å². The molecule has 94 valence electrons. The number of nitrogen functional groups attached to an aromatic ring is 1. The van der Waals surface area contributed by atoms with E-state index < -0.39 is 0 Å². The Balaban J connectivity index is 2.14. The fourth-order valence-corrected chi connectivity index (χ4v) is 2.33. The van der Waals surface area contributed by atoms with Crippen LogP contribution in [0.15, 0.2) is 6.20 Å². The second-order valence-corrected chi connectivity index (χ2v) is 4.94. The highest BCUT2D eigenvalue weighted by Crippen LogP contribution is 2.20. The first kappa shape index (κ1) is 12.0. The van der Waals surface area contributed by atoms with E-state index in [9.17, 15) is 4.79 Å². The number of hydrogen-bond donors (Lipinski definition) is 2. The number of carbonyl (C=O) groups is 1. The van der Waals surface area contributed by atoms with Crippen molar-refractivity contribution >= 4 is 11.6 Å². The van der Waals surface area contributed by atoms with Crippen LogP contribution in [0.4, 0.5) is 5.69 Å². The van der Waals surface area contributed by atoms with Crippen LogP contribution in [-0.4, -0.2) is 21.7 Å². The third kappa shape index (κ3) is 2.43. The summed E-state index contributed by atoms with van der Waals surface area (Å²) in [5.74, 6) is -0.0967. The Labute approximate surface area is 101 Å². The van der Waals surface area contributed by atoms with Crippen molar-refractivity contribution in [1.82, 2.24) is 15.1 Å². The molecule has 1 aromatic rings. The minimum absolute atomic E-state index is 0.0967. The molecule has 0 saturated heterocycles. The van der Waals surface area contributed by atoms with Gasteiger partial charge in [0.2, 0.25) is 0 Å². The van der Waals surface area contributed by atoms with E-state index in [0.717, 1.165) is 12.8 Å². The van der Waals surface area contributed by atoms with Crippen molar-refractivity contribution in [3.63, 3.8) is 0 Å². The summed E-state index contributed by atoms with van der Waals surface area (Å²) in [4.78, 5) is 12.2. The zero-order valence-electron chi connectivity index (χ0n) is 10.4. The topological polar surface area (TPSA) is 72.9 Å². The maximum absolute atomic E-state index is 12.2. The third-order valence-corrected chi connectivity index (χ3v) is 3.22. The van der Waals surface area contributed by atoms with Gasteiger partial charge in [0.25, 0.3) is 5.91 Å². The number of amides is 1. The maximum atomic E-state index is 12.2. The fourth-order valence-electron chi connectivity index (χ4n) is 2.33. The van der Waals surface area contributed by atoms with Gasteiger partial charge in [0.1, 0.15) is 5.69 Å². The summed E-state index contributed by atoms with van der Waals surface area (Å²) in [5.41, 5.74) is 6.76. The molecule has 0 spiro atoms. The van der Waals surface area contributed by atoms with Gasteiger partial charge in [-0.25, -0.2) is 0 Å². The molecule has 0 aromatic carbocycles. The van der Waals surface area contributed by atoms with Gasteiger partial charge in [-0.1, -0.05) is 12.8 Å². The number of rotatable bonds is 3. The first-order valence-corrected chi connectivity index (χ1v) is 6.23. The number of carbonyl (C=O) groups excluding carboxylic acids is 1. The molecule has 1 aliphatic carbocycles. The number of nitrogens with two attached hydrogens (primary N) is 1. The summed E-state index contributed by atoms with van der Waals surface area (Å²) >= 11 is 0. The highest BCUT2D eigenvalue weighted by atomic mass is 16.2. The summed E-state index contributed by atoms with van der Waals surface area (Å²) in [7, 11) is 0. The van der Waals surface area contributed by atoms with Crippen LogP contribution in [0.3, 0.4) is 0 Å². The Morgan fingerprint density at radius 3 is 2.76 bits per heavy atom. The standard InChI is InChI=1S/C12H20N4O/c1-8(2)16-11(10(13)7-14-16)12(17)15-9-5-3-4-6-9/h7-9H,3-6,13H2,1-2H3,(H,15,17). The quantitative estimate of drug-likeness (QED) is 0.839. The zero-order chi connectivity index (χ0) is 12.4. The normalized spacial score (nSPS) is 16.6. The molecule has 1 heterocycles. The second-order valence-electron chi connectivity index (χ2n) is 4.94. The Morgan fingerprint density at radius 2 is 2.18 bits per heavy atom. The average molecular weight is 236 g/mol. The molecule has 1 fully saturated rings. The SMILES string of the molecule is CC(C)n1ncc(N)c1C(=O)NC1CCCC1. The molecular weight excluding hydrogens is 216 g/mol. The smallest absolute Gasteiger partial charge is 0.271 e. The van der Waals surface area contributed by atoms with Crippen molar-refractivity contribution in [3.8, 4) is 0 Å². The lowest BCUT2D eigenvalue weighted by molar-refractivity contribution is 0.0926. The van der Waals surface area contributed by atoms with Crippen molar-refractivity contribution < 1.29 is 4.79 Å². The summed E-state index contributed by atoms with van der Waals surface area (Å²) in [5, 5.41) is 7.18. The predicted molar refractivity (Wildman–Crippen MR) is 66.7 cm³/mol. The second kappa shape index (κ2) is 4.77. The van der Waals surface area contributed by atoms with Crippen LogP contribution in [-0.2, 0) is 0 Å². The van der Waals surface area contributed by atoms with E-state index in [2.05, 4.69) is 10.4 Å². The Bertz CT molecular complexity index is 405. The van der Waals surface area contributed by atoms with Crippen LogP contribution < -0.4 is 11.1 Å². The van der Waals surface area contributed by atoms with E-state index in [1.807, 2.05) is 13.8 Å². The van der Waals surface area contributed by atoms with E-state index >= 15 is 0 Å². The van der Waals surface area contributed by atoms with E-state index in [1.54, 1.807) is 10.9 Å². The Hall–Kier alpha value is -1.52. The average Bonchev–Trinajstić information content (AvgIpc) is 2.86. The van der Waals surface area contributed by atoms with Crippen molar-refractivity contribution in [2.45, 2.75) is 51.6 Å². The molecule has 1 saturated carbocycles. The number of anilines is 1. The van der Waals surface area contributed by atoms with Gasteiger partial charge in [0.15, 0.2) is 0 Å². The van der Waals surface area contributed by atoms with Crippen molar-refractivity contribution in [3.05, 3.63) is 11.9 Å². The van der Waals surface area contributed by atoms with E-state index in [4.69, 9.17) is 5.73 Å². The maximum Gasteiger partial charge on any atom is 0.271 e. The number of nitrogens with one attached hydrogen (secondary N) is 1. The molecule has 17 heavy (non-hydrogen) atoms. The van der Waals surface area contributed by atoms with Gasteiger partial charge >= 0.3 is 0 Å². The Morgan fingerprint density at radius 1 is 1.53 bits per heavy atom. The fraction of sp³-hybridized carbons (Fsp3) is 0.667. The van der Waals surface area contributed by atoms with E-state index in [1.165, 1.54) is 12.8 Å².